The van der Waals surface area contributed by atoms with E-state index in [-0.39, 0.29) is 22.9 Å². The molecule has 2 rings (SSSR count). The van der Waals surface area contributed by atoms with Crippen molar-refractivity contribution < 1.29 is 13.2 Å². The molecule has 1 heterocycles. The number of amides is 1. The monoisotopic (exact) mass is 273 g/mol. The molecule has 0 radical (unpaired) electrons. The van der Waals surface area contributed by atoms with E-state index < -0.39 is 15.9 Å². The van der Waals surface area contributed by atoms with Crippen molar-refractivity contribution >= 4 is 27.5 Å². The van der Waals surface area contributed by atoms with E-state index in [4.69, 9.17) is 11.6 Å². The molecule has 0 saturated carbocycles. The molecule has 0 fully saturated rings. The number of alkyl halides is 1. The first-order valence-electron chi connectivity index (χ1n) is 5.20. The number of carbonyl (C=O) groups is 1. The van der Waals surface area contributed by atoms with Crippen LogP contribution in [0, 0.1) is 5.92 Å². The number of nitrogens with zero attached hydrogens (tertiary/aromatic N) is 1. The number of rotatable bonds is 3. The van der Waals surface area contributed by atoms with Crippen LogP contribution in [-0.4, -0.2) is 31.1 Å². The summed E-state index contributed by atoms with van der Waals surface area (Å²) in [5.74, 6) is -0.211. The first-order chi connectivity index (χ1) is 7.98. The van der Waals surface area contributed by atoms with Gasteiger partial charge in [-0.25, -0.2) is 12.7 Å². The summed E-state index contributed by atoms with van der Waals surface area (Å²) >= 11 is 5.65. The zero-order valence-electron chi connectivity index (χ0n) is 9.26. The third-order valence-electron chi connectivity index (χ3n) is 2.65. The van der Waals surface area contributed by atoms with Crippen molar-refractivity contribution in [2.75, 3.05) is 12.4 Å². The van der Waals surface area contributed by atoms with Gasteiger partial charge in [0.25, 0.3) is 15.9 Å². The number of fused-ring (bicyclic) bond motifs is 1. The van der Waals surface area contributed by atoms with Gasteiger partial charge in [-0.2, -0.15) is 0 Å². The summed E-state index contributed by atoms with van der Waals surface area (Å²) in [5.41, 5.74) is 0.245. The molecule has 0 N–H and O–H groups in total. The second kappa shape index (κ2) is 4.31. The highest BCUT2D eigenvalue weighted by atomic mass is 35.5. The Balaban J connectivity index is 2.44. The van der Waals surface area contributed by atoms with Gasteiger partial charge in [0, 0.05) is 12.4 Å². The van der Waals surface area contributed by atoms with E-state index in [1.807, 2.05) is 0 Å². The fraction of sp³-hybridized carbons (Fsp3) is 0.364. The highest BCUT2D eigenvalue weighted by molar-refractivity contribution is 7.90. The molecule has 17 heavy (non-hydrogen) atoms. The van der Waals surface area contributed by atoms with Gasteiger partial charge in [-0.05, 0) is 18.1 Å². The molecule has 92 valence electrons. The first kappa shape index (κ1) is 12.4. The van der Waals surface area contributed by atoms with E-state index in [1.165, 1.54) is 12.1 Å². The molecule has 1 aliphatic heterocycles. The number of halogens is 1. The van der Waals surface area contributed by atoms with Gasteiger partial charge < -0.3 is 0 Å². The van der Waals surface area contributed by atoms with Crippen LogP contribution in [0.5, 0.6) is 0 Å². The van der Waals surface area contributed by atoms with E-state index in [0.717, 1.165) is 4.31 Å². The van der Waals surface area contributed by atoms with Crippen LogP contribution in [-0.2, 0) is 10.0 Å². The quantitative estimate of drug-likeness (QED) is 0.788. The van der Waals surface area contributed by atoms with E-state index in [1.54, 1.807) is 19.1 Å². The minimum atomic E-state index is -3.68. The largest absolute Gasteiger partial charge is 0.269 e. The summed E-state index contributed by atoms with van der Waals surface area (Å²) in [6.07, 6.45) is 0. The number of benzene rings is 1. The lowest BCUT2D eigenvalue weighted by atomic mass is 10.2. The van der Waals surface area contributed by atoms with E-state index in [0.29, 0.717) is 5.88 Å². The van der Waals surface area contributed by atoms with Crippen molar-refractivity contribution in [3.8, 4) is 0 Å². The van der Waals surface area contributed by atoms with Gasteiger partial charge in [-0.3, -0.25) is 4.79 Å². The maximum atomic E-state index is 12.1. The molecule has 0 aromatic heterocycles. The van der Waals surface area contributed by atoms with Gasteiger partial charge >= 0.3 is 0 Å². The topological polar surface area (TPSA) is 54.5 Å². The second-order valence-electron chi connectivity index (χ2n) is 4.10. The van der Waals surface area contributed by atoms with Crippen LogP contribution in [0.4, 0.5) is 0 Å². The maximum Gasteiger partial charge on any atom is 0.269 e. The van der Waals surface area contributed by atoms with Gasteiger partial charge in [-0.15, -0.1) is 11.6 Å². The van der Waals surface area contributed by atoms with Crippen LogP contribution >= 0.6 is 11.6 Å². The molecule has 6 heteroatoms. The third-order valence-corrected chi connectivity index (χ3v) is 4.99. The molecule has 1 aliphatic rings. The smallest absolute Gasteiger partial charge is 0.268 e. The van der Waals surface area contributed by atoms with Crippen LogP contribution in [0.15, 0.2) is 29.2 Å². The van der Waals surface area contributed by atoms with Crippen LogP contribution in [0.3, 0.4) is 0 Å². The molecule has 0 saturated heterocycles. The molecular formula is C11H12ClNO3S. The molecule has 1 amide bonds. The van der Waals surface area contributed by atoms with Crippen LogP contribution in [0.25, 0.3) is 0 Å². The normalized spacial score (nSPS) is 19.2. The van der Waals surface area contributed by atoms with E-state index >= 15 is 0 Å². The van der Waals surface area contributed by atoms with Crippen molar-refractivity contribution in [1.82, 2.24) is 4.31 Å². The molecule has 1 atom stereocenters. The lowest BCUT2D eigenvalue weighted by Crippen LogP contribution is -2.34. The minimum absolute atomic E-state index is 0.0651. The summed E-state index contributed by atoms with van der Waals surface area (Å²) in [6, 6.07) is 6.24. The van der Waals surface area contributed by atoms with Crippen molar-refractivity contribution in [1.29, 1.82) is 0 Å². The van der Waals surface area contributed by atoms with E-state index in [9.17, 15) is 13.2 Å². The first-order valence-corrected chi connectivity index (χ1v) is 7.18. The van der Waals surface area contributed by atoms with Gasteiger partial charge in [0.2, 0.25) is 0 Å². The zero-order valence-corrected chi connectivity index (χ0v) is 10.8. The van der Waals surface area contributed by atoms with Gasteiger partial charge in [0.15, 0.2) is 0 Å². The standard InChI is InChI=1S/C11H12ClNO3S/c1-8(6-12)7-13-11(14)9-4-2-3-5-10(9)17(13,15)16/h2-5,8H,6-7H2,1H3. The summed E-state index contributed by atoms with van der Waals surface area (Å²) in [7, 11) is -3.68. The molecule has 0 bridgehead atoms. The van der Waals surface area contributed by atoms with Gasteiger partial charge in [0.1, 0.15) is 4.90 Å². The van der Waals surface area contributed by atoms with Crippen molar-refractivity contribution in [2.24, 2.45) is 5.92 Å². The van der Waals surface area contributed by atoms with Gasteiger partial charge in [-0.1, -0.05) is 19.1 Å². The summed E-state index contributed by atoms with van der Waals surface area (Å²) in [6.45, 7) is 1.93. The van der Waals surface area contributed by atoms with Crippen molar-refractivity contribution in [3.05, 3.63) is 29.8 Å². The molecule has 0 spiro atoms. The summed E-state index contributed by atoms with van der Waals surface area (Å²) in [5, 5.41) is 0. The lowest BCUT2D eigenvalue weighted by Gasteiger charge is -2.18. The Morgan fingerprint density at radius 3 is 2.59 bits per heavy atom. The summed E-state index contributed by atoms with van der Waals surface area (Å²) in [4.78, 5) is 12.1. The van der Waals surface area contributed by atoms with Crippen LogP contribution in [0.2, 0.25) is 0 Å². The molecule has 1 aromatic carbocycles. The number of hydrogen-bond donors (Lipinski definition) is 0. The third kappa shape index (κ3) is 1.93. The predicted octanol–water partition coefficient (Wildman–Crippen LogP) is 1.71. The second-order valence-corrected chi connectivity index (χ2v) is 6.24. The number of hydrogen-bond acceptors (Lipinski definition) is 3. The predicted molar refractivity (Wildman–Crippen MR) is 64.5 cm³/mol. The highest BCUT2D eigenvalue weighted by Gasteiger charge is 2.41. The van der Waals surface area contributed by atoms with Crippen LogP contribution in [0.1, 0.15) is 17.3 Å². The highest BCUT2D eigenvalue weighted by Crippen LogP contribution is 2.30. The Kier molecular flexibility index (Phi) is 3.14. The fourth-order valence-electron chi connectivity index (χ4n) is 1.74. The van der Waals surface area contributed by atoms with Crippen molar-refractivity contribution in [3.63, 3.8) is 0 Å². The Morgan fingerprint density at radius 2 is 2.00 bits per heavy atom. The number of sulfonamides is 1. The van der Waals surface area contributed by atoms with Crippen LogP contribution < -0.4 is 0 Å². The Hall–Kier alpha value is -1.07. The Morgan fingerprint density at radius 1 is 1.35 bits per heavy atom. The van der Waals surface area contributed by atoms with Gasteiger partial charge in [0.05, 0.1) is 5.56 Å². The summed E-state index contributed by atoms with van der Waals surface area (Å²) < 4.78 is 25.1. The average molecular weight is 274 g/mol. The average Bonchev–Trinajstić information content (AvgIpc) is 2.51. The molecule has 1 unspecified atom stereocenters. The molecule has 1 aromatic rings. The molecular weight excluding hydrogens is 262 g/mol. The Bertz CT molecular complexity index is 556. The minimum Gasteiger partial charge on any atom is -0.268 e. The number of carbonyl (C=O) groups excluding carboxylic acids is 1. The SMILES string of the molecule is CC(CCl)CN1C(=O)c2ccccc2S1(=O)=O. The van der Waals surface area contributed by atoms with E-state index in [2.05, 4.69) is 0 Å². The fourth-order valence-corrected chi connectivity index (χ4v) is 3.53. The zero-order chi connectivity index (χ0) is 12.6. The Labute approximate surface area is 105 Å². The maximum absolute atomic E-state index is 12.1. The van der Waals surface area contributed by atoms with Crippen molar-refractivity contribution in [2.45, 2.75) is 11.8 Å². The lowest BCUT2D eigenvalue weighted by molar-refractivity contribution is 0.0861. The molecule has 0 aliphatic carbocycles. The molecule has 4 nitrogen and oxygen atoms in total.